The number of ether oxygens (including phenoxy) is 1. The summed E-state index contributed by atoms with van der Waals surface area (Å²) in [6, 6.07) is 12.9. The summed E-state index contributed by atoms with van der Waals surface area (Å²) < 4.78 is 5.09. The zero-order valence-electron chi connectivity index (χ0n) is 14.5. The largest absolute Gasteiger partial charge is 0.497 e. The summed E-state index contributed by atoms with van der Waals surface area (Å²) in [5.74, 6) is 0.180. The van der Waals surface area contributed by atoms with E-state index in [0.717, 1.165) is 0 Å². The lowest BCUT2D eigenvalue weighted by atomic mass is 10.1. The Morgan fingerprint density at radius 1 is 1.25 bits per heavy atom. The average Bonchev–Trinajstić information content (AvgIpc) is 3.16. The quantitative estimate of drug-likeness (QED) is 0.371. The Balaban J connectivity index is 1.66. The molecule has 3 rings (SSSR count). The van der Waals surface area contributed by atoms with E-state index >= 15 is 0 Å². The number of nitro benzene ring substituents is 1. The van der Waals surface area contributed by atoms with Gasteiger partial charge in [-0.1, -0.05) is 18.2 Å². The van der Waals surface area contributed by atoms with Gasteiger partial charge in [-0.15, -0.1) is 11.3 Å². The normalized spacial score (nSPS) is 10.2. The van der Waals surface area contributed by atoms with Crippen LogP contribution in [0.1, 0.15) is 10.4 Å². The first-order chi connectivity index (χ1) is 13.5. The first-order valence-electron chi connectivity index (χ1n) is 7.93. The van der Waals surface area contributed by atoms with Gasteiger partial charge < -0.3 is 10.1 Å². The molecule has 3 aromatic rings. The second-order valence-corrected chi connectivity index (χ2v) is 6.75. The van der Waals surface area contributed by atoms with Gasteiger partial charge in [0.05, 0.1) is 17.7 Å². The number of carbonyl (C=O) groups is 1. The van der Waals surface area contributed by atoms with Crippen molar-refractivity contribution in [3.63, 3.8) is 0 Å². The van der Waals surface area contributed by atoms with E-state index in [0.29, 0.717) is 27.7 Å². The lowest BCUT2D eigenvalue weighted by Crippen LogP contribution is -2.34. The third kappa shape index (κ3) is 4.67. The molecule has 28 heavy (non-hydrogen) atoms. The molecule has 2 N–H and O–H groups in total. The summed E-state index contributed by atoms with van der Waals surface area (Å²) in [7, 11) is 1.52. The number of amides is 1. The minimum absolute atomic E-state index is 0.0129. The lowest BCUT2D eigenvalue weighted by molar-refractivity contribution is -0.384. The van der Waals surface area contributed by atoms with Gasteiger partial charge in [-0.3, -0.25) is 20.2 Å². The van der Waals surface area contributed by atoms with Crippen LogP contribution < -0.4 is 15.4 Å². The number of thiazole rings is 1. The van der Waals surface area contributed by atoms with Gasteiger partial charge in [0.1, 0.15) is 5.75 Å². The number of anilines is 1. The van der Waals surface area contributed by atoms with Crippen LogP contribution in [0.3, 0.4) is 0 Å². The Labute approximate surface area is 169 Å². The fourth-order valence-electron chi connectivity index (χ4n) is 2.31. The van der Waals surface area contributed by atoms with Gasteiger partial charge in [0.15, 0.2) is 10.2 Å². The summed E-state index contributed by atoms with van der Waals surface area (Å²) in [6.07, 6.45) is 0. The van der Waals surface area contributed by atoms with Gasteiger partial charge >= 0.3 is 0 Å². The number of thiocarbonyl (C=S) groups is 1. The molecule has 142 valence electrons. The Morgan fingerprint density at radius 3 is 2.79 bits per heavy atom. The maximum absolute atomic E-state index is 12.3. The predicted molar refractivity (Wildman–Crippen MR) is 111 cm³/mol. The third-order valence-electron chi connectivity index (χ3n) is 3.64. The molecule has 0 saturated heterocycles. The summed E-state index contributed by atoms with van der Waals surface area (Å²) in [5.41, 5.74) is 1.57. The van der Waals surface area contributed by atoms with Crippen molar-refractivity contribution in [2.75, 3.05) is 12.4 Å². The number of nitro groups is 1. The summed E-state index contributed by atoms with van der Waals surface area (Å²) in [6.45, 7) is 0. The van der Waals surface area contributed by atoms with Gasteiger partial charge in [-0.25, -0.2) is 4.98 Å². The van der Waals surface area contributed by atoms with E-state index in [4.69, 9.17) is 17.0 Å². The van der Waals surface area contributed by atoms with Crippen molar-refractivity contribution in [1.29, 1.82) is 0 Å². The Morgan fingerprint density at radius 2 is 2.04 bits per heavy atom. The Hall–Kier alpha value is -3.37. The van der Waals surface area contributed by atoms with E-state index in [2.05, 4.69) is 15.6 Å². The van der Waals surface area contributed by atoms with Crippen LogP contribution in [0.4, 0.5) is 10.8 Å². The second kappa shape index (κ2) is 8.55. The van der Waals surface area contributed by atoms with Gasteiger partial charge in [0.25, 0.3) is 11.6 Å². The molecule has 8 nitrogen and oxygen atoms in total. The minimum Gasteiger partial charge on any atom is -0.497 e. The van der Waals surface area contributed by atoms with Crippen molar-refractivity contribution < 1.29 is 14.5 Å². The molecule has 0 spiro atoms. The molecule has 0 aliphatic heterocycles. The van der Waals surface area contributed by atoms with Crippen LogP contribution in [-0.4, -0.2) is 28.0 Å². The first kappa shape index (κ1) is 19.4. The number of benzene rings is 2. The number of nitrogens with one attached hydrogen (secondary N) is 2. The number of non-ortho nitro benzene ring substituents is 1. The number of nitrogens with zero attached hydrogens (tertiary/aromatic N) is 2. The molecule has 10 heteroatoms. The summed E-state index contributed by atoms with van der Waals surface area (Å²) in [5, 5.41) is 18.6. The highest BCUT2D eigenvalue weighted by atomic mass is 32.1. The van der Waals surface area contributed by atoms with Crippen LogP contribution in [0, 0.1) is 10.1 Å². The molecule has 1 heterocycles. The molecule has 0 bridgehead atoms. The molecule has 0 saturated carbocycles. The fraction of sp³-hybridized carbons (Fsp3) is 0.0556. The van der Waals surface area contributed by atoms with Gasteiger partial charge in [0, 0.05) is 28.6 Å². The number of methoxy groups -OCH3 is 1. The van der Waals surface area contributed by atoms with Crippen molar-refractivity contribution in [3.05, 3.63) is 69.6 Å². The first-order valence-corrected chi connectivity index (χ1v) is 9.22. The predicted octanol–water partition coefficient (Wildman–Crippen LogP) is 3.85. The number of hydrogen-bond acceptors (Lipinski definition) is 7. The molecule has 0 atom stereocenters. The summed E-state index contributed by atoms with van der Waals surface area (Å²) in [4.78, 5) is 27.1. The molecule has 1 amide bonds. The Bertz CT molecular complexity index is 1050. The van der Waals surface area contributed by atoms with Gasteiger partial charge in [-0.05, 0) is 30.4 Å². The van der Waals surface area contributed by atoms with Crippen molar-refractivity contribution >= 4 is 45.4 Å². The maximum Gasteiger partial charge on any atom is 0.270 e. The zero-order valence-corrected chi connectivity index (χ0v) is 16.2. The molecule has 0 aliphatic carbocycles. The topological polar surface area (TPSA) is 106 Å². The molecule has 0 fully saturated rings. The molecule has 0 unspecified atom stereocenters. The minimum atomic E-state index is -0.460. The summed E-state index contributed by atoms with van der Waals surface area (Å²) >= 11 is 6.42. The highest BCUT2D eigenvalue weighted by Crippen LogP contribution is 2.27. The van der Waals surface area contributed by atoms with Crippen LogP contribution in [0.5, 0.6) is 5.75 Å². The zero-order chi connectivity index (χ0) is 20.1. The SMILES string of the molecule is COc1cccc(C(=O)NC(=S)Nc2nc(-c3cccc([N+](=O)[O-])c3)cs2)c1. The number of hydrogen-bond donors (Lipinski definition) is 2. The van der Waals surface area contributed by atoms with Crippen molar-refractivity contribution in [2.45, 2.75) is 0 Å². The number of aromatic nitrogens is 1. The van der Waals surface area contributed by atoms with Crippen molar-refractivity contribution in [3.8, 4) is 17.0 Å². The standard InChI is InChI=1S/C18H14N4O4S2/c1-26-14-7-3-5-12(9-14)16(23)20-17(27)21-18-19-15(10-28-18)11-4-2-6-13(8-11)22(24)25/h2-10H,1H3,(H2,19,20,21,23,27). The number of rotatable bonds is 5. The molecular weight excluding hydrogens is 400 g/mol. The van der Waals surface area contributed by atoms with Crippen LogP contribution >= 0.6 is 23.6 Å². The maximum atomic E-state index is 12.3. The molecule has 2 aromatic carbocycles. The molecular formula is C18H14N4O4S2. The molecule has 1 aromatic heterocycles. The smallest absolute Gasteiger partial charge is 0.270 e. The molecule has 0 aliphatic rings. The van der Waals surface area contributed by atoms with E-state index in [-0.39, 0.29) is 16.7 Å². The number of carbonyl (C=O) groups excluding carboxylic acids is 1. The van der Waals surface area contributed by atoms with E-state index in [1.54, 1.807) is 41.8 Å². The second-order valence-electron chi connectivity index (χ2n) is 5.49. The lowest BCUT2D eigenvalue weighted by Gasteiger charge is -2.08. The highest BCUT2D eigenvalue weighted by molar-refractivity contribution is 7.80. The van der Waals surface area contributed by atoms with E-state index in [1.165, 1.54) is 30.6 Å². The Kier molecular flexibility index (Phi) is 5.92. The van der Waals surface area contributed by atoms with Gasteiger partial charge in [0.2, 0.25) is 0 Å². The van der Waals surface area contributed by atoms with Crippen LogP contribution in [0.2, 0.25) is 0 Å². The third-order valence-corrected chi connectivity index (χ3v) is 4.60. The monoisotopic (exact) mass is 414 g/mol. The van der Waals surface area contributed by atoms with Gasteiger partial charge in [-0.2, -0.15) is 0 Å². The van der Waals surface area contributed by atoms with E-state index in [9.17, 15) is 14.9 Å². The van der Waals surface area contributed by atoms with E-state index < -0.39 is 4.92 Å². The van der Waals surface area contributed by atoms with Crippen LogP contribution in [-0.2, 0) is 0 Å². The fourth-order valence-corrected chi connectivity index (χ4v) is 3.29. The van der Waals surface area contributed by atoms with Crippen molar-refractivity contribution in [2.24, 2.45) is 0 Å². The van der Waals surface area contributed by atoms with Crippen LogP contribution in [0.15, 0.2) is 53.9 Å². The highest BCUT2D eigenvalue weighted by Gasteiger charge is 2.12. The average molecular weight is 414 g/mol. The van der Waals surface area contributed by atoms with E-state index in [1.807, 2.05) is 0 Å². The van der Waals surface area contributed by atoms with Crippen molar-refractivity contribution in [1.82, 2.24) is 10.3 Å². The van der Waals surface area contributed by atoms with Crippen LogP contribution in [0.25, 0.3) is 11.3 Å². The molecule has 0 radical (unpaired) electrons.